The van der Waals surface area contributed by atoms with E-state index >= 15 is 0 Å². The Morgan fingerprint density at radius 3 is 2.05 bits per heavy atom. The van der Waals surface area contributed by atoms with Crippen LogP contribution in [0.2, 0.25) is 0 Å². The van der Waals surface area contributed by atoms with Crippen LogP contribution in [0.25, 0.3) is 0 Å². The lowest BCUT2D eigenvalue weighted by Crippen LogP contribution is -2.59. The van der Waals surface area contributed by atoms with E-state index in [2.05, 4.69) is 6.92 Å². The molecule has 0 bridgehead atoms. The van der Waals surface area contributed by atoms with Crippen LogP contribution in [0.3, 0.4) is 0 Å². The van der Waals surface area contributed by atoms with E-state index in [0.717, 1.165) is 25.7 Å². The van der Waals surface area contributed by atoms with Crippen molar-refractivity contribution in [2.45, 2.75) is 52.0 Å². The van der Waals surface area contributed by atoms with Crippen LogP contribution < -0.4 is 5.73 Å². The molecule has 19 heavy (non-hydrogen) atoms. The van der Waals surface area contributed by atoms with Gasteiger partial charge in [0, 0.05) is 6.54 Å². The molecule has 2 unspecified atom stereocenters. The summed E-state index contributed by atoms with van der Waals surface area (Å²) in [4.78, 5) is 26.7. The van der Waals surface area contributed by atoms with E-state index in [9.17, 15) is 9.59 Å². The lowest BCUT2D eigenvalue weighted by Gasteiger charge is -2.45. The number of imide groups is 1. The number of rotatable bonds is 2. The molecule has 1 heterocycles. The Balaban J connectivity index is 1.87. The molecule has 0 radical (unpaired) electrons. The molecule has 0 aromatic heterocycles. The number of hydrogen-bond acceptors (Lipinski definition) is 3. The fourth-order valence-electron chi connectivity index (χ4n) is 4.23. The largest absolute Gasteiger partial charge is 0.328 e. The van der Waals surface area contributed by atoms with Gasteiger partial charge in [0.05, 0.1) is 17.4 Å². The van der Waals surface area contributed by atoms with Crippen LogP contribution in [0.1, 0.15) is 46.5 Å². The summed E-state index contributed by atoms with van der Waals surface area (Å²) in [5.74, 6) is 0.601. The summed E-state index contributed by atoms with van der Waals surface area (Å²) in [6.45, 7) is 6.69. The van der Waals surface area contributed by atoms with Crippen molar-refractivity contribution < 1.29 is 9.59 Å². The summed E-state index contributed by atoms with van der Waals surface area (Å²) < 4.78 is 0. The Labute approximate surface area is 114 Å². The van der Waals surface area contributed by atoms with Crippen LogP contribution in [0.5, 0.6) is 0 Å². The van der Waals surface area contributed by atoms with E-state index in [4.69, 9.17) is 5.73 Å². The SMILES string of the molecule is CC1CCC(CN)(N2C(=O)C3C(C2=O)C3(C)C)CC1. The average Bonchev–Trinajstić information content (AvgIpc) is 2.82. The van der Waals surface area contributed by atoms with E-state index in [-0.39, 0.29) is 34.6 Å². The van der Waals surface area contributed by atoms with E-state index < -0.39 is 0 Å². The number of hydrogen-bond donors (Lipinski definition) is 1. The van der Waals surface area contributed by atoms with E-state index in [1.807, 2.05) is 13.8 Å². The standard InChI is InChI=1S/C15H24N2O2/c1-9-4-6-15(8-16,7-5-9)17-12(18)10-11(13(17)19)14(10,2)3/h9-11H,4-8,16H2,1-3H3. The number of amides is 2. The van der Waals surface area contributed by atoms with Crippen molar-refractivity contribution in [1.29, 1.82) is 0 Å². The van der Waals surface area contributed by atoms with Crippen molar-refractivity contribution in [3.63, 3.8) is 0 Å². The predicted octanol–water partition coefficient (Wildman–Crippen LogP) is 1.53. The second-order valence-corrected chi connectivity index (χ2v) is 7.40. The highest BCUT2D eigenvalue weighted by molar-refractivity contribution is 6.11. The summed E-state index contributed by atoms with van der Waals surface area (Å²) >= 11 is 0. The van der Waals surface area contributed by atoms with Crippen LogP contribution in [0, 0.1) is 23.2 Å². The van der Waals surface area contributed by atoms with Crippen LogP contribution in [-0.4, -0.2) is 28.8 Å². The molecule has 4 nitrogen and oxygen atoms in total. The quantitative estimate of drug-likeness (QED) is 0.769. The van der Waals surface area contributed by atoms with Crippen LogP contribution in [-0.2, 0) is 9.59 Å². The number of nitrogens with zero attached hydrogens (tertiary/aromatic N) is 1. The molecular formula is C15H24N2O2. The summed E-state index contributed by atoms with van der Waals surface area (Å²) in [5, 5.41) is 0. The zero-order valence-electron chi connectivity index (χ0n) is 12.1. The second kappa shape index (κ2) is 3.81. The van der Waals surface area contributed by atoms with Gasteiger partial charge in [0.2, 0.25) is 11.8 Å². The first-order valence-corrected chi connectivity index (χ1v) is 7.43. The molecule has 0 spiro atoms. The normalized spacial score (nSPS) is 44.4. The third-order valence-electron chi connectivity index (χ3n) is 5.86. The molecule has 106 valence electrons. The number of carbonyl (C=O) groups excluding carboxylic acids is 2. The molecule has 0 aromatic rings. The Kier molecular flexibility index (Phi) is 2.63. The molecule has 0 aromatic carbocycles. The Morgan fingerprint density at radius 1 is 1.16 bits per heavy atom. The number of piperidine rings is 1. The number of likely N-dealkylation sites (tertiary alicyclic amines) is 1. The first-order chi connectivity index (χ1) is 8.85. The Morgan fingerprint density at radius 2 is 1.63 bits per heavy atom. The number of fused-ring (bicyclic) bond motifs is 1. The highest BCUT2D eigenvalue weighted by Crippen LogP contribution is 2.64. The van der Waals surface area contributed by atoms with E-state index in [1.165, 1.54) is 0 Å². The maximum atomic E-state index is 12.6. The highest BCUT2D eigenvalue weighted by Gasteiger charge is 2.74. The maximum Gasteiger partial charge on any atom is 0.234 e. The first kappa shape index (κ1) is 13.1. The molecule has 3 fully saturated rings. The summed E-state index contributed by atoms with van der Waals surface area (Å²) in [7, 11) is 0. The Hall–Kier alpha value is -0.900. The van der Waals surface area contributed by atoms with Gasteiger partial charge in [-0.3, -0.25) is 14.5 Å². The van der Waals surface area contributed by atoms with Gasteiger partial charge in [-0.15, -0.1) is 0 Å². The molecule has 3 rings (SSSR count). The van der Waals surface area contributed by atoms with Gasteiger partial charge in [-0.25, -0.2) is 0 Å². The van der Waals surface area contributed by atoms with Gasteiger partial charge in [-0.1, -0.05) is 20.8 Å². The van der Waals surface area contributed by atoms with Crippen molar-refractivity contribution >= 4 is 11.8 Å². The number of carbonyl (C=O) groups is 2. The molecular weight excluding hydrogens is 240 g/mol. The fraction of sp³-hybridized carbons (Fsp3) is 0.867. The van der Waals surface area contributed by atoms with Crippen molar-refractivity contribution in [1.82, 2.24) is 4.90 Å². The van der Waals surface area contributed by atoms with Crippen molar-refractivity contribution in [2.75, 3.05) is 6.54 Å². The van der Waals surface area contributed by atoms with Gasteiger partial charge < -0.3 is 5.73 Å². The third kappa shape index (κ3) is 1.55. The van der Waals surface area contributed by atoms with Crippen molar-refractivity contribution in [3.05, 3.63) is 0 Å². The predicted molar refractivity (Wildman–Crippen MR) is 72.0 cm³/mol. The lowest BCUT2D eigenvalue weighted by atomic mass is 9.75. The van der Waals surface area contributed by atoms with Gasteiger partial charge in [0.15, 0.2) is 0 Å². The first-order valence-electron chi connectivity index (χ1n) is 7.43. The fourth-order valence-corrected chi connectivity index (χ4v) is 4.23. The minimum absolute atomic E-state index is 0.0417. The van der Waals surface area contributed by atoms with Crippen molar-refractivity contribution in [2.24, 2.45) is 28.9 Å². The summed E-state index contributed by atoms with van der Waals surface area (Å²) in [6.07, 6.45) is 3.88. The molecule has 1 saturated heterocycles. The molecule has 3 aliphatic rings. The number of nitrogens with two attached hydrogens (primary N) is 1. The molecule has 1 aliphatic heterocycles. The zero-order chi connectivity index (χ0) is 14.0. The third-order valence-corrected chi connectivity index (χ3v) is 5.86. The van der Waals surface area contributed by atoms with Crippen LogP contribution >= 0.6 is 0 Å². The van der Waals surface area contributed by atoms with Gasteiger partial charge in [0.25, 0.3) is 0 Å². The average molecular weight is 264 g/mol. The second-order valence-electron chi connectivity index (χ2n) is 7.40. The van der Waals surface area contributed by atoms with Gasteiger partial charge >= 0.3 is 0 Å². The Bertz CT molecular complexity index is 411. The smallest absolute Gasteiger partial charge is 0.234 e. The zero-order valence-corrected chi connectivity index (χ0v) is 12.1. The van der Waals surface area contributed by atoms with Gasteiger partial charge in [-0.2, -0.15) is 0 Å². The molecule has 2 N–H and O–H groups in total. The van der Waals surface area contributed by atoms with Crippen molar-refractivity contribution in [3.8, 4) is 0 Å². The highest BCUT2D eigenvalue weighted by atomic mass is 16.2. The molecule has 2 saturated carbocycles. The van der Waals surface area contributed by atoms with Gasteiger partial charge in [-0.05, 0) is 37.0 Å². The minimum atomic E-state index is -0.385. The van der Waals surface area contributed by atoms with Crippen LogP contribution in [0.15, 0.2) is 0 Å². The minimum Gasteiger partial charge on any atom is -0.328 e. The molecule has 2 amide bonds. The monoisotopic (exact) mass is 264 g/mol. The van der Waals surface area contributed by atoms with Gasteiger partial charge in [0.1, 0.15) is 0 Å². The van der Waals surface area contributed by atoms with E-state index in [0.29, 0.717) is 12.5 Å². The molecule has 2 aliphatic carbocycles. The lowest BCUT2D eigenvalue weighted by molar-refractivity contribution is -0.152. The van der Waals surface area contributed by atoms with E-state index in [1.54, 1.807) is 4.90 Å². The summed E-state index contributed by atoms with van der Waals surface area (Å²) in [6, 6.07) is 0. The summed E-state index contributed by atoms with van der Waals surface area (Å²) in [5.41, 5.74) is 5.46. The topological polar surface area (TPSA) is 63.4 Å². The molecule has 2 atom stereocenters. The maximum absolute atomic E-state index is 12.6. The molecule has 4 heteroatoms. The van der Waals surface area contributed by atoms with Crippen LogP contribution in [0.4, 0.5) is 0 Å².